The summed E-state index contributed by atoms with van der Waals surface area (Å²) in [6.45, 7) is 14.7. The van der Waals surface area contributed by atoms with Gasteiger partial charge in [0.25, 0.3) is 0 Å². The Morgan fingerprint density at radius 1 is 0.812 bits per heavy atom. The Kier molecular flexibility index (Phi) is 9.72. The van der Waals surface area contributed by atoms with Crippen molar-refractivity contribution in [1.29, 1.82) is 0 Å². The highest BCUT2D eigenvalue weighted by molar-refractivity contribution is 7.23. The lowest BCUT2D eigenvalue weighted by Gasteiger charge is -2.31. The molecule has 0 spiro atoms. The molecule has 0 aromatic carbocycles. The van der Waals surface area contributed by atoms with Gasteiger partial charge in [-0.05, 0) is 0 Å². The number of hydrogen-bond donors (Lipinski definition) is 0. The molecule has 0 bridgehead atoms. The molecule has 0 saturated heterocycles. The van der Waals surface area contributed by atoms with Crippen LogP contribution in [0, 0.1) is 0 Å². The molecule has 0 aliphatic rings. The Morgan fingerprint density at radius 2 is 1.19 bits per heavy atom. The summed E-state index contributed by atoms with van der Waals surface area (Å²) in [7, 11) is -0.425. The highest BCUT2D eigenvalue weighted by atomic mass is 29.2. The van der Waals surface area contributed by atoms with Gasteiger partial charge in [0.05, 0.1) is 0 Å². The highest BCUT2D eigenvalue weighted by Gasteiger charge is 2.29. The molecule has 0 rings (SSSR count). The zero-order chi connectivity index (χ0) is 12.6. The Balaban J connectivity index is 4.40. The van der Waals surface area contributed by atoms with E-state index in [2.05, 4.69) is 41.5 Å². The second-order valence-electron chi connectivity index (χ2n) is 5.88. The normalized spacial score (nSPS) is 12.4. The Morgan fingerprint density at radius 3 is 1.44 bits per heavy atom. The van der Waals surface area contributed by atoms with Crippen LogP contribution in [0.5, 0.6) is 0 Å². The van der Waals surface area contributed by atoms with Crippen LogP contribution in [0.3, 0.4) is 0 Å². The van der Waals surface area contributed by atoms with E-state index in [4.69, 9.17) is 0 Å². The van der Waals surface area contributed by atoms with Crippen molar-refractivity contribution in [1.82, 2.24) is 0 Å². The standard InChI is InChI=1S/C14H33Si2/c1-7-9-11-15(12-10-8-2)16(13(3)4)14(5)6/h13-14,16H,7-12H2,1-6H3. The van der Waals surface area contributed by atoms with Crippen LogP contribution in [0.15, 0.2) is 0 Å². The Labute approximate surface area is 107 Å². The van der Waals surface area contributed by atoms with Crippen molar-refractivity contribution >= 4 is 16.6 Å². The first-order chi connectivity index (χ1) is 7.54. The van der Waals surface area contributed by atoms with Gasteiger partial charge in [-0.3, -0.25) is 0 Å². The molecular weight excluding hydrogens is 224 g/mol. The molecule has 0 fully saturated rings. The molecule has 0 aromatic heterocycles. The van der Waals surface area contributed by atoms with Crippen molar-refractivity contribution in [2.24, 2.45) is 0 Å². The van der Waals surface area contributed by atoms with Crippen molar-refractivity contribution in [2.75, 3.05) is 0 Å². The minimum Gasteiger partial charge on any atom is -0.0656 e. The van der Waals surface area contributed by atoms with Crippen LogP contribution in [-0.4, -0.2) is 16.6 Å². The predicted molar refractivity (Wildman–Crippen MR) is 82.5 cm³/mol. The van der Waals surface area contributed by atoms with Gasteiger partial charge >= 0.3 is 0 Å². The second kappa shape index (κ2) is 9.46. The van der Waals surface area contributed by atoms with E-state index < -0.39 is 8.31 Å². The molecular formula is C14H33Si2. The Hall–Kier alpha value is 0.434. The largest absolute Gasteiger partial charge is 0.0656 e. The summed E-state index contributed by atoms with van der Waals surface area (Å²) in [6.07, 6.45) is 5.80. The summed E-state index contributed by atoms with van der Waals surface area (Å²) in [5, 5.41) is 0. The molecule has 0 aliphatic carbocycles. The van der Waals surface area contributed by atoms with Crippen LogP contribution in [0.1, 0.15) is 67.2 Å². The molecule has 0 unspecified atom stereocenters. The van der Waals surface area contributed by atoms with E-state index >= 15 is 0 Å². The smallest absolute Gasteiger partial charge is 0.0372 e. The summed E-state index contributed by atoms with van der Waals surface area (Å²) in [6, 6.07) is 3.24. The fourth-order valence-corrected chi connectivity index (χ4v) is 17.8. The van der Waals surface area contributed by atoms with Crippen LogP contribution < -0.4 is 0 Å². The third-order valence-corrected chi connectivity index (χ3v) is 18.0. The number of unbranched alkanes of at least 4 members (excludes halogenated alkanes) is 2. The number of hydrogen-bond acceptors (Lipinski definition) is 0. The minimum absolute atomic E-state index is 0.0316. The van der Waals surface area contributed by atoms with E-state index in [1.807, 2.05) is 0 Å². The van der Waals surface area contributed by atoms with E-state index in [9.17, 15) is 0 Å². The first kappa shape index (κ1) is 16.4. The van der Waals surface area contributed by atoms with Crippen molar-refractivity contribution in [3.63, 3.8) is 0 Å². The zero-order valence-corrected chi connectivity index (χ0v) is 14.6. The molecule has 0 nitrogen and oxygen atoms in total. The average molecular weight is 258 g/mol. The summed E-state index contributed by atoms with van der Waals surface area (Å²) in [4.78, 5) is 0. The van der Waals surface area contributed by atoms with Crippen LogP contribution in [-0.2, 0) is 0 Å². The van der Waals surface area contributed by atoms with Gasteiger partial charge in [-0.15, -0.1) is 0 Å². The SMILES string of the molecule is CCCC[Si](CCCC)[SiH](C(C)C)C(C)C. The molecule has 0 N–H and O–H groups in total. The molecule has 0 aromatic rings. The molecule has 0 amide bonds. The lowest BCUT2D eigenvalue weighted by molar-refractivity contribution is 0.842. The van der Waals surface area contributed by atoms with E-state index in [1.54, 1.807) is 12.1 Å². The molecule has 0 saturated carbocycles. The summed E-state index contributed by atoms with van der Waals surface area (Å²) < 4.78 is 0. The molecule has 0 heterocycles. The lowest BCUT2D eigenvalue weighted by atomic mass is 10.4. The van der Waals surface area contributed by atoms with Gasteiger partial charge in [0.15, 0.2) is 0 Å². The molecule has 2 heteroatoms. The van der Waals surface area contributed by atoms with Crippen LogP contribution in [0.4, 0.5) is 0 Å². The van der Waals surface area contributed by atoms with Crippen molar-refractivity contribution < 1.29 is 0 Å². The second-order valence-corrected chi connectivity index (χ2v) is 16.4. The number of rotatable bonds is 9. The summed E-state index contributed by atoms with van der Waals surface area (Å²) in [5.74, 6) is 0. The van der Waals surface area contributed by atoms with Crippen molar-refractivity contribution in [3.8, 4) is 0 Å². The van der Waals surface area contributed by atoms with Gasteiger partial charge in [0.1, 0.15) is 0 Å². The van der Waals surface area contributed by atoms with Gasteiger partial charge in [0, 0.05) is 16.6 Å². The molecule has 1 radical (unpaired) electrons. The van der Waals surface area contributed by atoms with E-state index in [1.165, 1.54) is 25.7 Å². The van der Waals surface area contributed by atoms with Crippen molar-refractivity contribution in [2.45, 2.75) is 90.4 Å². The van der Waals surface area contributed by atoms with Crippen LogP contribution in [0.2, 0.25) is 23.2 Å². The van der Waals surface area contributed by atoms with Gasteiger partial charge in [-0.1, -0.05) is 90.4 Å². The maximum Gasteiger partial charge on any atom is 0.0372 e. The van der Waals surface area contributed by atoms with Gasteiger partial charge in [-0.2, -0.15) is 0 Å². The monoisotopic (exact) mass is 257 g/mol. The third-order valence-electron chi connectivity index (χ3n) is 3.61. The maximum absolute atomic E-state index is 2.50. The van der Waals surface area contributed by atoms with E-state index in [-0.39, 0.29) is 8.31 Å². The Bertz CT molecular complexity index is 139. The van der Waals surface area contributed by atoms with E-state index in [0.717, 1.165) is 11.1 Å². The third kappa shape index (κ3) is 6.24. The average Bonchev–Trinajstić information content (AvgIpc) is 2.20. The molecule has 97 valence electrons. The highest BCUT2D eigenvalue weighted by Crippen LogP contribution is 2.27. The fraction of sp³-hybridized carbons (Fsp3) is 1.00. The van der Waals surface area contributed by atoms with Gasteiger partial charge < -0.3 is 0 Å². The summed E-state index contributed by atoms with van der Waals surface area (Å²) in [5.41, 5.74) is 2.06. The summed E-state index contributed by atoms with van der Waals surface area (Å²) >= 11 is 0. The van der Waals surface area contributed by atoms with Crippen LogP contribution >= 0.6 is 0 Å². The van der Waals surface area contributed by atoms with Crippen LogP contribution in [0.25, 0.3) is 0 Å². The first-order valence-electron chi connectivity index (χ1n) is 7.39. The lowest BCUT2D eigenvalue weighted by Crippen LogP contribution is -2.40. The fourth-order valence-electron chi connectivity index (χ4n) is 2.98. The quantitative estimate of drug-likeness (QED) is 0.498. The van der Waals surface area contributed by atoms with Crippen molar-refractivity contribution in [3.05, 3.63) is 0 Å². The zero-order valence-electron chi connectivity index (χ0n) is 12.5. The molecule has 0 atom stereocenters. The maximum atomic E-state index is 2.50. The molecule has 16 heavy (non-hydrogen) atoms. The minimum atomic E-state index is -0.457. The van der Waals surface area contributed by atoms with Gasteiger partial charge in [-0.25, -0.2) is 0 Å². The first-order valence-corrected chi connectivity index (χ1v) is 12.4. The van der Waals surface area contributed by atoms with E-state index in [0.29, 0.717) is 0 Å². The topological polar surface area (TPSA) is 0 Å². The predicted octanol–water partition coefficient (Wildman–Crippen LogP) is 5.21. The van der Waals surface area contributed by atoms with Gasteiger partial charge in [0.2, 0.25) is 0 Å². The molecule has 0 aliphatic heterocycles.